The highest BCUT2D eigenvalue weighted by molar-refractivity contribution is 5.84. The lowest BCUT2D eigenvalue weighted by Crippen LogP contribution is -2.03. The number of fused-ring (bicyclic) bond motifs is 1. The lowest BCUT2D eigenvalue weighted by molar-refractivity contribution is 0.894. The van der Waals surface area contributed by atoms with Crippen molar-refractivity contribution in [2.24, 2.45) is 0 Å². The number of nitrogen functional groups attached to an aromatic ring is 1. The maximum Gasteiger partial charge on any atom is 0.131 e. The van der Waals surface area contributed by atoms with Crippen LogP contribution >= 0.6 is 0 Å². The molecule has 0 amide bonds. The number of nitrogens with zero attached hydrogens (tertiary/aromatic N) is 3. The number of hydrogen-bond acceptors (Lipinski definition) is 3. The topological polar surface area (TPSA) is 83.4 Å². The summed E-state index contributed by atoms with van der Waals surface area (Å²) in [6, 6.07) is 27.8. The van der Waals surface area contributed by atoms with Crippen molar-refractivity contribution in [3.63, 3.8) is 0 Å². The summed E-state index contributed by atoms with van der Waals surface area (Å²) in [5.41, 5.74) is 13.2. The van der Waals surface area contributed by atoms with Gasteiger partial charge in [0.15, 0.2) is 0 Å². The van der Waals surface area contributed by atoms with Gasteiger partial charge in [-0.3, -0.25) is 0 Å². The monoisotopic (exact) mass is 389 g/mol. The van der Waals surface area contributed by atoms with E-state index >= 15 is 0 Å². The molecule has 5 aromatic rings. The second kappa shape index (κ2) is 7.26. The molecule has 0 aliphatic heterocycles. The lowest BCUT2D eigenvalue weighted by atomic mass is 10.0. The number of hydrogen-bond donors (Lipinski definition) is 2. The zero-order valence-electron chi connectivity index (χ0n) is 16.2. The molecule has 3 aromatic carbocycles. The van der Waals surface area contributed by atoms with E-state index in [4.69, 9.17) is 16.1 Å². The zero-order chi connectivity index (χ0) is 20.5. The lowest BCUT2D eigenvalue weighted by Gasteiger charge is -2.05. The van der Waals surface area contributed by atoms with Crippen molar-refractivity contribution in [1.82, 2.24) is 14.8 Å². The number of nitriles is 1. The number of aromatic amines is 1. The summed E-state index contributed by atoms with van der Waals surface area (Å²) >= 11 is 0. The minimum absolute atomic E-state index is 0.601. The Balaban J connectivity index is 1.66. The fraction of sp³-hybridized carbons (Fsp3) is 0.0400. The van der Waals surface area contributed by atoms with Crippen molar-refractivity contribution in [3.05, 3.63) is 102 Å². The second-order valence-corrected chi connectivity index (χ2v) is 7.19. The number of para-hydroxylation sites is 1. The number of benzene rings is 3. The summed E-state index contributed by atoms with van der Waals surface area (Å²) in [5.74, 6) is 0.601. The van der Waals surface area contributed by atoms with Crippen LogP contribution in [-0.2, 0) is 6.42 Å². The zero-order valence-corrected chi connectivity index (χ0v) is 16.2. The smallest absolute Gasteiger partial charge is 0.131 e. The van der Waals surface area contributed by atoms with E-state index in [1.807, 2.05) is 60.8 Å². The van der Waals surface area contributed by atoms with E-state index in [0.717, 1.165) is 28.0 Å². The standard InChI is InChI=1S/C25H19N5/c26-15-17-10-12-20(13-11-17)30-25(27)22(24(29-30)18-6-2-1-3-7-18)14-19-16-28-23-9-5-4-8-21(19)23/h1-13,16,28H,14,27H2. The molecule has 0 fully saturated rings. The van der Waals surface area contributed by atoms with Gasteiger partial charge in [-0.15, -0.1) is 0 Å². The Morgan fingerprint density at radius 3 is 2.43 bits per heavy atom. The Hall–Kier alpha value is -4.30. The highest BCUT2D eigenvalue weighted by Gasteiger charge is 2.19. The second-order valence-electron chi connectivity index (χ2n) is 7.19. The highest BCUT2D eigenvalue weighted by Crippen LogP contribution is 2.32. The first-order chi connectivity index (χ1) is 14.7. The third-order valence-corrected chi connectivity index (χ3v) is 5.35. The largest absolute Gasteiger partial charge is 0.383 e. The molecule has 0 bridgehead atoms. The Labute approximate surface area is 174 Å². The van der Waals surface area contributed by atoms with E-state index in [-0.39, 0.29) is 0 Å². The number of H-pyrrole nitrogens is 1. The van der Waals surface area contributed by atoms with Crippen molar-refractivity contribution in [3.8, 4) is 23.0 Å². The molecular weight excluding hydrogens is 370 g/mol. The fourth-order valence-electron chi connectivity index (χ4n) is 3.81. The van der Waals surface area contributed by atoms with Crippen molar-refractivity contribution in [2.45, 2.75) is 6.42 Å². The summed E-state index contributed by atoms with van der Waals surface area (Å²) in [6.07, 6.45) is 2.70. The van der Waals surface area contributed by atoms with Gasteiger partial charge in [0.25, 0.3) is 0 Å². The average Bonchev–Trinajstić information content (AvgIpc) is 3.36. The van der Waals surface area contributed by atoms with Gasteiger partial charge in [0, 0.05) is 34.6 Å². The number of aromatic nitrogens is 3. The van der Waals surface area contributed by atoms with Crippen LogP contribution in [0.2, 0.25) is 0 Å². The minimum atomic E-state index is 0.601. The molecule has 5 rings (SSSR count). The Bertz CT molecular complexity index is 1370. The van der Waals surface area contributed by atoms with Crippen molar-refractivity contribution in [1.29, 1.82) is 5.26 Å². The van der Waals surface area contributed by atoms with Crippen LogP contribution < -0.4 is 5.73 Å². The number of nitrogens with two attached hydrogens (primary N) is 1. The van der Waals surface area contributed by atoms with Crippen LogP contribution in [-0.4, -0.2) is 14.8 Å². The quantitative estimate of drug-likeness (QED) is 0.450. The van der Waals surface area contributed by atoms with Crippen LogP contribution in [0.15, 0.2) is 85.1 Å². The summed E-state index contributed by atoms with van der Waals surface area (Å²) in [4.78, 5) is 3.34. The van der Waals surface area contributed by atoms with Gasteiger partial charge in [-0.2, -0.15) is 10.4 Å². The van der Waals surface area contributed by atoms with Gasteiger partial charge in [0.05, 0.1) is 23.0 Å². The third-order valence-electron chi connectivity index (χ3n) is 5.35. The summed E-state index contributed by atoms with van der Waals surface area (Å²) in [5, 5.41) is 15.1. The van der Waals surface area contributed by atoms with Crippen LogP contribution in [0, 0.1) is 11.3 Å². The molecule has 5 heteroatoms. The Morgan fingerprint density at radius 1 is 0.933 bits per heavy atom. The Kier molecular flexibility index (Phi) is 4.30. The molecule has 0 atom stereocenters. The van der Waals surface area contributed by atoms with Gasteiger partial charge in [-0.25, -0.2) is 4.68 Å². The van der Waals surface area contributed by atoms with Gasteiger partial charge in [-0.05, 0) is 35.9 Å². The average molecular weight is 389 g/mol. The van der Waals surface area contributed by atoms with Crippen LogP contribution in [0.1, 0.15) is 16.7 Å². The molecule has 144 valence electrons. The van der Waals surface area contributed by atoms with Crippen LogP contribution in [0.4, 0.5) is 5.82 Å². The molecule has 5 nitrogen and oxygen atoms in total. The Morgan fingerprint density at radius 2 is 1.67 bits per heavy atom. The molecule has 2 aromatic heterocycles. The number of rotatable bonds is 4. The van der Waals surface area contributed by atoms with Crippen molar-refractivity contribution < 1.29 is 0 Å². The molecular formula is C25H19N5. The van der Waals surface area contributed by atoms with Gasteiger partial charge in [-0.1, -0.05) is 48.5 Å². The molecule has 0 unspecified atom stereocenters. The first-order valence-electron chi connectivity index (χ1n) is 9.73. The van der Waals surface area contributed by atoms with E-state index in [2.05, 4.69) is 23.2 Å². The van der Waals surface area contributed by atoms with E-state index in [9.17, 15) is 0 Å². The molecule has 30 heavy (non-hydrogen) atoms. The molecule has 0 saturated heterocycles. The maximum absolute atomic E-state index is 9.08. The minimum Gasteiger partial charge on any atom is -0.383 e. The molecule has 0 saturated carbocycles. The summed E-state index contributed by atoms with van der Waals surface area (Å²) in [6.45, 7) is 0. The van der Waals surface area contributed by atoms with Gasteiger partial charge >= 0.3 is 0 Å². The van der Waals surface area contributed by atoms with E-state index in [1.54, 1.807) is 16.8 Å². The summed E-state index contributed by atoms with van der Waals surface area (Å²) < 4.78 is 1.76. The normalized spacial score (nSPS) is 10.9. The first-order valence-corrected chi connectivity index (χ1v) is 9.73. The van der Waals surface area contributed by atoms with Gasteiger partial charge < -0.3 is 10.7 Å². The fourth-order valence-corrected chi connectivity index (χ4v) is 3.81. The molecule has 0 radical (unpaired) electrons. The van der Waals surface area contributed by atoms with Gasteiger partial charge in [0.2, 0.25) is 0 Å². The number of nitrogens with one attached hydrogen (secondary N) is 1. The van der Waals surface area contributed by atoms with Gasteiger partial charge in [0.1, 0.15) is 5.82 Å². The predicted molar refractivity (Wildman–Crippen MR) is 119 cm³/mol. The number of anilines is 1. The van der Waals surface area contributed by atoms with Crippen LogP contribution in [0.3, 0.4) is 0 Å². The molecule has 0 aliphatic rings. The molecule has 2 heterocycles. The molecule has 3 N–H and O–H groups in total. The van der Waals surface area contributed by atoms with Crippen LogP contribution in [0.5, 0.6) is 0 Å². The van der Waals surface area contributed by atoms with E-state index < -0.39 is 0 Å². The highest BCUT2D eigenvalue weighted by atomic mass is 15.3. The molecule has 0 aliphatic carbocycles. The third kappa shape index (κ3) is 3.01. The predicted octanol–water partition coefficient (Wildman–Crippen LogP) is 5.07. The van der Waals surface area contributed by atoms with Crippen molar-refractivity contribution >= 4 is 16.7 Å². The summed E-state index contributed by atoms with van der Waals surface area (Å²) in [7, 11) is 0. The van der Waals surface area contributed by atoms with Crippen LogP contribution in [0.25, 0.3) is 27.8 Å². The van der Waals surface area contributed by atoms with Crippen molar-refractivity contribution in [2.75, 3.05) is 5.73 Å². The first kappa shape index (κ1) is 17.8. The van der Waals surface area contributed by atoms with E-state index in [0.29, 0.717) is 17.8 Å². The SMILES string of the molecule is N#Cc1ccc(-n2nc(-c3ccccc3)c(Cc3c[nH]c4ccccc34)c2N)cc1. The maximum atomic E-state index is 9.08. The molecule has 0 spiro atoms. The van der Waals surface area contributed by atoms with E-state index in [1.165, 1.54) is 10.9 Å².